The van der Waals surface area contributed by atoms with E-state index in [1.54, 1.807) is 0 Å². The Labute approximate surface area is 393 Å². The Balaban J connectivity index is 1.03. The van der Waals surface area contributed by atoms with Gasteiger partial charge in [-0.1, -0.05) is 145 Å². The summed E-state index contributed by atoms with van der Waals surface area (Å²) in [5, 5.41) is 5.07. The summed E-state index contributed by atoms with van der Waals surface area (Å²) in [7, 11) is 0. The van der Waals surface area contributed by atoms with E-state index in [1.165, 1.54) is 93.9 Å². The van der Waals surface area contributed by atoms with Crippen molar-refractivity contribution in [3.8, 4) is 11.4 Å². The molecule has 0 spiro atoms. The highest BCUT2D eigenvalue weighted by molar-refractivity contribution is 7.00. The van der Waals surface area contributed by atoms with Crippen LogP contribution < -0.4 is 26.2 Å². The van der Waals surface area contributed by atoms with Gasteiger partial charge in [-0.25, -0.2) is 0 Å². The van der Waals surface area contributed by atoms with Crippen LogP contribution in [0.5, 0.6) is 0 Å². The van der Waals surface area contributed by atoms with Gasteiger partial charge in [-0.2, -0.15) is 0 Å². The van der Waals surface area contributed by atoms with E-state index in [2.05, 4.69) is 261 Å². The number of rotatable bonds is 4. The van der Waals surface area contributed by atoms with E-state index in [-0.39, 0.29) is 17.5 Å². The maximum atomic E-state index is 2.56. The topological polar surface area (TPSA) is 16.3 Å². The van der Waals surface area contributed by atoms with E-state index < -0.39 is 0 Å². The Morgan fingerprint density at radius 3 is 1.12 bits per heavy atom. The van der Waals surface area contributed by atoms with Gasteiger partial charge in [0.05, 0.1) is 22.1 Å². The fraction of sp³-hybridized carbons (Fsp3) is 0.129. The first-order valence-electron chi connectivity index (χ1n) is 23.7. The van der Waals surface area contributed by atoms with Gasteiger partial charge in [0.15, 0.2) is 0 Å². The zero-order chi connectivity index (χ0) is 45.3. The standard InChI is InChI=1S/C62H51BN4/c1-61(2,3)40-27-36-57-51(37-40)63-50-21-11-16-26-56(50)66(44-32-28-42(29-33-44)64-52-22-12-7-17-46(52)47-18-8-13-23-53(47)64)58-38-41(62(4,5)6)39-59(60(58)63)67(57)45-34-30-43(31-35-45)65-54-24-14-9-19-48(54)49-20-10-15-25-55(49)65/h7-39H,1-6H3. The summed E-state index contributed by atoms with van der Waals surface area (Å²) in [6.45, 7) is 14.1. The largest absolute Gasteiger partial charge is 0.311 e. The first kappa shape index (κ1) is 39.6. The van der Waals surface area contributed by atoms with Crippen LogP contribution in [0.1, 0.15) is 52.7 Å². The van der Waals surface area contributed by atoms with Crippen molar-refractivity contribution in [2.45, 2.75) is 52.4 Å². The minimum atomic E-state index is -0.119. The van der Waals surface area contributed by atoms with Gasteiger partial charge in [-0.3, -0.25) is 0 Å². The van der Waals surface area contributed by atoms with E-state index in [0.29, 0.717) is 0 Å². The third-order valence-corrected chi connectivity index (χ3v) is 14.6. The second kappa shape index (κ2) is 14.4. The molecule has 0 unspecified atom stereocenters. The quantitative estimate of drug-likeness (QED) is 0.164. The molecule has 67 heavy (non-hydrogen) atoms. The summed E-state index contributed by atoms with van der Waals surface area (Å²) in [6.07, 6.45) is 0. The van der Waals surface area contributed by atoms with Gasteiger partial charge in [-0.05, 0) is 135 Å². The first-order valence-corrected chi connectivity index (χ1v) is 23.7. The molecule has 2 aromatic heterocycles. The number of hydrogen-bond donors (Lipinski definition) is 0. The zero-order valence-electron chi connectivity index (χ0n) is 38.9. The second-order valence-corrected chi connectivity index (χ2v) is 20.6. The van der Waals surface area contributed by atoms with Crippen molar-refractivity contribution in [3.05, 3.63) is 211 Å². The molecule has 2 aliphatic rings. The smallest absolute Gasteiger partial charge is 0.252 e. The van der Waals surface area contributed by atoms with Crippen LogP contribution >= 0.6 is 0 Å². The maximum Gasteiger partial charge on any atom is 0.252 e. The van der Waals surface area contributed by atoms with Crippen molar-refractivity contribution in [3.63, 3.8) is 0 Å². The number of para-hydroxylation sites is 5. The van der Waals surface area contributed by atoms with Crippen molar-refractivity contribution >= 4 is 101 Å². The van der Waals surface area contributed by atoms with Crippen LogP contribution in [0, 0.1) is 0 Å². The van der Waals surface area contributed by atoms with Crippen molar-refractivity contribution in [1.29, 1.82) is 0 Å². The van der Waals surface area contributed by atoms with Crippen LogP contribution in [0.15, 0.2) is 200 Å². The number of hydrogen-bond acceptors (Lipinski definition) is 2. The molecular weight excluding hydrogens is 812 g/mol. The average molecular weight is 863 g/mol. The lowest BCUT2D eigenvalue weighted by molar-refractivity contribution is 0.590. The molecule has 13 rings (SSSR count). The summed E-state index contributed by atoms with van der Waals surface area (Å²) in [4.78, 5) is 5.09. The maximum absolute atomic E-state index is 2.56. The number of benzene rings is 9. The Bertz CT molecular complexity index is 3660. The van der Waals surface area contributed by atoms with Crippen molar-refractivity contribution in [2.24, 2.45) is 0 Å². The van der Waals surface area contributed by atoms with E-state index in [4.69, 9.17) is 0 Å². The molecule has 11 aromatic rings. The third-order valence-electron chi connectivity index (χ3n) is 14.6. The molecule has 9 aromatic carbocycles. The van der Waals surface area contributed by atoms with E-state index in [9.17, 15) is 0 Å². The molecule has 322 valence electrons. The van der Waals surface area contributed by atoms with Gasteiger partial charge in [-0.15, -0.1) is 0 Å². The molecule has 0 fully saturated rings. The first-order chi connectivity index (χ1) is 32.5. The Kier molecular flexibility index (Phi) is 8.49. The molecule has 4 heterocycles. The van der Waals surface area contributed by atoms with Crippen molar-refractivity contribution < 1.29 is 0 Å². The predicted octanol–water partition coefficient (Wildman–Crippen LogP) is 14.6. The minimum absolute atomic E-state index is 0.0264. The van der Waals surface area contributed by atoms with Crippen LogP contribution in [-0.2, 0) is 10.8 Å². The van der Waals surface area contributed by atoms with Gasteiger partial charge in [0, 0.05) is 67.0 Å². The van der Waals surface area contributed by atoms with Crippen molar-refractivity contribution in [2.75, 3.05) is 9.80 Å². The van der Waals surface area contributed by atoms with Gasteiger partial charge in [0.25, 0.3) is 6.71 Å². The van der Waals surface area contributed by atoms with Crippen LogP contribution in [0.3, 0.4) is 0 Å². The summed E-state index contributed by atoms with van der Waals surface area (Å²) in [6, 6.07) is 75.0. The highest BCUT2D eigenvalue weighted by Crippen LogP contribution is 2.47. The fourth-order valence-electron chi connectivity index (χ4n) is 11.3. The molecule has 4 nitrogen and oxygen atoms in total. The lowest BCUT2D eigenvalue weighted by Gasteiger charge is -2.45. The lowest BCUT2D eigenvalue weighted by atomic mass is 9.33. The van der Waals surface area contributed by atoms with Crippen LogP contribution in [-0.4, -0.2) is 15.8 Å². The van der Waals surface area contributed by atoms with E-state index in [1.807, 2.05) is 0 Å². The highest BCUT2D eigenvalue weighted by Gasteiger charge is 2.44. The van der Waals surface area contributed by atoms with E-state index in [0.717, 1.165) is 22.7 Å². The van der Waals surface area contributed by atoms with Gasteiger partial charge < -0.3 is 18.9 Å². The fourth-order valence-corrected chi connectivity index (χ4v) is 11.3. The summed E-state index contributed by atoms with van der Waals surface area (Å²) in [5.41, 5.74) is 20.8. The van der Waals surface area contributed by atoms with Gasteiger partial charge >= 0.3 is 0 Å². The Hall–Kier alpha value is -7.76. The summed E-state index contributed by atoms with van der Waals surface area (Å²) in [5.74, 6) is 0. The minimum Gasteiger partial charge on any atom is -0.311 e. The zero-order valence-corrected chi connectivity index (χ0v) is 38.9. The average Bonchev–Trinajstić information content (AvgIpc) is 3.86. The molecule has 0 amide bonds. The monoisotopic (exact) mass is 862 g/mol. The molecule has 0 aliphatic carbocycles. The van der Waals surface area contributed by atoms with Crippen LogP contribution in [0.4, 0.5) is 34.1 Å². The SMILES string of the molecule is CC(C)(C)c1ccc2c(c1)B1c3ccccc3N(c3ccc(-n4c5ccccc5c5ccccc54)cc3)c3cc(C(C)(C)C)cc(c31)N2c1ccc(-n2c3ccccc3c3ccccc32)cc1. The van der Waals surface area contributed by atoms with Crippen molar-refractivity contribution in [1.82, 2.24) is 9.13 Å². The van der Waals surface area contributed by atoms with Gasteiger partial charge in [0.2, 0.25) is 0 Å². The molecular formula is C62H51BN4. The highest BCUT2D eigenvalue weighted by atomic mass is 15.2. The van der Waals surface area contributed by atoms with Gasteiger partial charge in [0.1, 0.15) is 0 Å². The number of nitrogens with zero attached hydrogens (tertiary/aromatic N) is 4. The predicted molar refractivity (Wildman–Crippen MR) is 287 cm³/mol. The molecule has 0 radical (unpaired) electrons. The molecule has 2 aliphatic heterocycles. The van der Waals surface area contributed by atoms with Crippen LogP contribution in [0.25, 0.3) is 55.0 Å². The lowest BCUT2D eigenvalue weighted by Crippen LogP contribution is -2.61. The Morgan fingerprint density at radius 2 is 0.687 bits per heavy atom. The summed E-state index contributed by atoms with van der Waals surface area (Å²) >= 11 is 0. The molecule has 0 atom stereocenters. The number of anilines is 6. The number of fused-ring (bicyclic) bond motifs is 10. The molecule has 0 bridgehead atoms. The van der Waals surface area contributed by atoms with E-state index >= 15 is 0 Å². The normalized spacial score (nSPS) is 13.4. The van der Waals surface area contributed by atoms with Crippen LogP contribution in [0.2, 0.25) is 0 Å². The molecule has 5 heteroatoms. The number of aromatic nitrogens is 2. The molecule has 0 N–H and O–H groups in total. The molecule has 0 saturated heterocycles. The third kappa shape index (κ3) is 5.93. The summed E-state index contributed by atoms with van der Waals surface area (Å²) < 4.78 is 4.82. The Morgan fingerprint density at radius 1 is 0.313 bits per heavy atom. The molecule has 0 saturated carbocycles. The second-order valence-electron chi connectivity index (χ2n) is 20.6.